The maximum Gasteiger partial charge on any atom is 0.252 e. The zero-order valence-corrected chi connectivity index (χ0v) is 20.1. The van der Waals surface area contributed by atoms with Crippen molar-refractivity contribution < 1.29 is 4.79 Å². The monoisotopic (exact) mass is 510 g/mol. The molecule has 2 aliphatic rings. The highest BCUT2D eigenvalue weighted by molar-refractivity contribution is 6.31. The quantitative estimate of drug-likeness (QED) is 0.382. The van der Waals surface area contributed by atoms with E-state index >= 15 is 0 Å². The SMILES string of the molecule is O=C1NCc2ccc(-c3cnc(C4CCc5cc(-c6cc(Cl)ccc6-n6cnnn6)cc(=O)n54)[nH]3)cc21. The van der Waals surface area contributed by atoms with Gasteiger partial charge in [0.15, 0.2) is 0 Å². The number of carbonyl (C=O) groups is 1. The number of aromatic amines is 1. The molecular weight excluding hydrogens is 492 g/mol. The molecule has 0 saturated carbocycles. The van der Waals surface area contributed by atoms with Gasteiger partial charge in [-0.2, -0.15) is 4.68 Å². The van der Waals surface area contributed by atoms with Gasteiger partial charge in [0.2, 0.25) is 0 Å². The Morgan fingerprint density at radius 1 is 1.00 bits per heavy atom. The Kier molecular flexibility index (Phi) is 4.83. The Morgan fingerprint density at radius 2 is 1.92 bits per heavy atom. The molecule has 0 saturated heterocycles. The number of pyridine rings is 1. The molecule has 182 valence electrons. The van der Waals surface area contributed by atoms with Crippen LogP contribution in [0.4, 0.5) is 0 Å². The molecule has 0 fully saturated rings. The minimum atomic E-state index is -0.207. The van der Waals surface area contributed by atoms with Crippen molar-refractivity contribution in [3.05, 3.63) is 99.1 Å². The average molecular weight is 511 g/mol. The number of nitrogens with one attached hydrogen (secondary N) is 2. The van der Waals surface area contributed by atoms with E-state index in [0.717, 1.165) is 52.2 Å². The van der Waals surface area contributed by atoms with E-state index in [-0.39, 0.29) is 17.5 Å². The van der Waals surface area contributed by atoms with Crippen LogP contribution in [0.3, 0.4) is 0 Å². The van der Waals surface area contributed by atoms with Crippen LogP contribution in [-0.2, 0) is 13.0 Å². The van der Waals surface area contributed by atoms with E-state index in [4.69, 9.17) is 11.6 Å². The van der Waals surface area contributed by atoms with Gasteiger partial charge in [-0.05, 0) is 64.7 Å². The number of benzene rings is 2. The summed E-state index contributed by atoms with van der Waals surface area (Å²) in [5.74, 6) is 0.650. The summed E-state index contributed by atoms with van der Waals surface area (Å²) in [5.41, 5.74) is 6.41. The standard InChI is InChI=1S/C26H19ClN8O2/c27-17-3-5-22(34-13-30-32-33-34)19(10-17)16-7-18-4-6-23(35(18)24(36)9-16)25-28-12-21(31-25)14-1-2-15-11-29-26(37)20(15)8-14/h1-3,5,7-10,12-13,23H,4,6,11H2,(H,28,31)(H,29,37). The Balaban J connectivity index is 1.25. The number of nitrogens with zero attached hydrogens (tertiary/aromatic N) is 6. The molecule has 5 heterocycles. The lowest BCUT2D eigenvalue weighted by Gasteiger charge is -2.15. The lowest BCUT2D eigenvalue weighted by molar-refractivity contribution is 0.0966. The Hall–Kier alpha value is -4.57. The first kappa shape index (κ1) is 21.7. The fourth-order valence-electron chi connectivity index (χ4n) is 5.25. The van der Waals surface area contributed by atoms with Crippen molar-refractivity contribution in [2.75, 3.05) is 0 Å². The molecule has 11 heteroatoms. The van der Waals surface area contributed by atoms with E-state index in [0.29, 0.717) is 23.0 Å². The molecule has 0 spiro atoms. The predicted octanol–water partition coefficient (Wildman–Crippen LogP) is 3.31. The van der Waals surface area contributed by atoms with Gasteiger partial charge in [-0.15, -0.1) is 5.10 Å². The minimum absolute atomic E-state index is 0.0633. The van der Waals surface area contributed by atoms with Crippen LogP contribution in [0.15, 0.2) is 65.8 Å². The second-order valence-corrected chi connectivity index (χ2v) is 9.59. The molecule has 3 aromatic heterocycles. The zero-order chi connectivity index (χ0) is 25.1. The summed E-state index contributed by atoms with van der Waals surface area (Å²) in [4.78, 5) is 33.5. The van der Waals surface area contributed by atoms with Crippen molar-refractivity contribution in [2.45, 2.75) is 25.4 Å². The second-order valence-electron chi connectivity index (χ2n) is 9.15. The number of aryl methyl sites for hydroxylation is 1. The van der Waals surface area contributed by atoms with Crippen LogP contribution in [0, 0.1) is 0 Å². The number of rotatable bonds is 4. The fraction of sp³-hybridized carbons (Fsp3) is 0.154. The minimum Gasteiger partial charge on any atom is -0.348 e. The van der Waals surface area contributed by atoms with E-state index in [1.165, 1.54) is 6.33 Å². The number of fused-ring (bicyclic) bond motifs is 2. The maximum absolute atomic E-state index is 13.4. The number of hydrogen-bond acceptors (Lipinski definition) is 6. The smallest absolute Gasteiger partial charge is 0.252 e. The van der Waals surface area contributed by atoms with E-state index in [2.05, 4.69) is 30.8 Å². The Labute approximate surface area is 214 Å². The predicted molar refractivity (Wildman–Crippen MR) is 136 cm³/mol. The van der Waals surface area contributed by atoms with Crippen LogP contribution in [0.25, 0.3) is 28.1 Å². The first-order valence-corrected chi connectivity index (χ1v) is 12.2. The summed E-state index contributed by atoms with van der Waals surface area (Å²) in [6, 6.07) is 14.6. The van der Waals surface area contributed by atoms with Crippen molar-refractivity contribution in [1.29, 1.82) is 0 Å². The van der Waals surface area contributed by atoms with Gasteiger partial charge in [0.25, 0.3) is 11.5 Å². The maximum atomic E-state index is 13.4. The molecule has 2 aromatic carbocycles. The fourth-order valence-corrected chi connectivity index (χ4v) is 5.43. The molecule has 2 aliphatic heterocycles. The van der Waals surface area contributed by atoms with E-state index in [1.54, 1.807) is 27.6 Å². The van der Waals surface area contributed by atoms with Crippen LogP contribution in [0.1, 0.15) is 39.9 Å². The van der Waals surface area contributed by atoms with Gasteiger partial charge in [-0.25, -0.2) is 4.98 Å². The van der Waals surface area contributed by atoms with Crippen molar-refractivity contribution in [1.82, 2.24) is 40.1 Å². The molecule has 5 aromatic rings. The lowest BCUT2D eigenvalue weighted by Crippen LogP contribution is -2.23. The molecule has 7 rings (SSSR count). The van der Waals surface area contributed by atoms with Crippen molar-refractivity contribution >= 4 is 17.5 Å². The lowest BCUT2D eigenvalue weighted by atomic mass is 10.0. The number of tetrazole rings is 1. The largest absolute Gasteiger partial charge is 0.348 e. The third kappa shape index (κ3) is 3.56. The third-order valence-corrected chi connectivity index (χ3v) is 7.25. The number of amides is 1. The summed E-state index contributed by atoms with van der Waals surface area (Å²) in [5, 5.41) is 14.8. The van der Waals surface area contributed by atoms with Gasteiger partial charge in [0.1, 0.15) is 12.2 Å². The van der Waals surface area contributed by atoms with Gasteiger partial charge in [0, 0.05) is 40.0 Å². The van der Waals surface area contributed by atoms with Crippen molar-refractivity contribution in [3.63, 3.8) is 0 Å². The summed E-state index contributed by atoms with van der Waals surface area (Å²) in [7, 11) is 0. The van der Waals surface area contributed by atoms with Crippen LogP contribution >= 0.6 is 11.6 Å². The van der Waals surface area contributed by atoms with Gasteiger partial charge in [0.05, 0.1) is 23.6 Å². The molecular formula is C26H19ClN8O2. The second kappa shape index (κ2) is 8.24. The van der Waals surface area contributed by atoms with E-state index in [1.807, 2.05) is 36.4 Å². The van der Waals surface area contributed by atoms with Gasteiger partial charge < -0.3 is 14.9 Å². The summed E-state index contributed by atoms with van der Waals surface area (Å²) in [6.07, 6.45) is 4.73. The summed E-state index contributed by atoms with van der Waals surface area (Å²) >= 11 is 6.30. The van der Waals surface area contributed by atoms with Gasteiger partial charge >= 0.3 is 0 Å². The molecule has 1 atom stereocenters. The highest BCUT2D eigenvalue weighted by Gasteiger charge is 2.28. The van der Waals surface area contributed by atoms with Crippen LogP contribution < -0.4 is 10.9 Å². The number of hydrogen-bond donors (Lipinski definition) is 2. The van der Waals surface area contributed by atoms with Gasteiger partial charge in [-0.3, -0.25) is 9.59 Å². The molecule has 1 unspecified atom stereocenters. The first-order chi connectivity index (χ1) is 18.0. The number of H-pyrrole nitrogens is 1. The number of aromatic nitrogens is 7. The Bertz CT molecular complexity index is 1750. The van der Waals surface area contributed by atoms with Gasteiger partial charge in [-0.1, -0.05) is 23.7 Å². The molecule has 37 heavy (non-hydrogen) atoms. The molecule has 1 amide bonds. The molecule has 0 radical (unpaired) electrons. The Morgan fingerprint density at radius 3 is 2.78 bits per heavy atom. The highest BCUT2D eigenvalue weighted by atomic mass is 35.5. The molecule has 2 N–H and O–H groups in total. The van der Waals surface area contributed by atoms with Crippen molar-refractivity contribution in [2.24, 2.45) is 0 Å². The van der Waals surface area contributed by atoms with Crippen LogP contribution in [-0.4, -0.2) is 40.6 Å². The first-order valence-electron chi connectivity index (χ1n) is 11.8. The molecule has 0 bridgehead atoms. The summed E-state index contributed by atoms with van der Waals surface area (Å²) in [6.45, 7) is 0.554. The van der Waals surface area contributed by atoms with Crippen LogP contribution in [0.2, 0.25) is 5.02 Å². The third-order valence-electron chi connectivity index (χ3n) is 7.01. The number of imidazole rings is 1. The van der Waals surface area contributed by atoms with Crippen molar-refractivity contribution in [3.8, 4) is 28.1 Å². The van der Waals surface area contributed by atoms with E-state index < -0.39 is 0 Å². The molecule has 0 aliphatic carbocycles. The van der Waals surface area contributed by atoms with Crippen LogP contribution in [0.5, 0.6) is 0 Å². The van der Waals surface area contributed by atoms with E-state index in [9.17, 15) is 9.59 Å². The average Bonchev–Trinajstić information content (AvgIpc) is 3.70. The topological polar surface area (TPSA) is 123 Å². The zero-order valence-electron chi connectivity index (χ0n) is 19.3. The summed E-state index contributed by atoms with van der Waals surface area (Å²) < 4.78 is 3.34. The molecule has 10 nitrogen and oxygen atoms in total. The highest BCUT2D eigenvalue weighted by Crippen LogP contribution is 2.34. The number of carbonyl (C=O) groups excluding carboxylic acids is 1. The normalized spacial score (nSPS) is 16.0. The number of halogens is 1.